The monoisotopic (exact) mass is 372 g/mol. The first kappa shape index (κ1) is 18.1. The summed E-state index contributed by atoms with van der Waals surface area (Å²) < 4.78 is 8.94. The molecule has 0 amide bonds. The number of piperidine rings is 1. The summed E-state index contributed by atoms with van der Waals surface area (Å²) in [6, 6.07) is 1.29. The molecule has 2 aliphatic carbocycles. The molecule has 1 aromatic rings. The van der Waals surface area contributed by atoms with Crippen LogP contribution in [0.1, 0.15) is 50.4 Å². The highest BCUT2D eigenvalue weighted by Gasteiger charge is 2.45. The second-order valence-electron chi connectivity index (χ2n) is 9.74. The van der Waals surface area contributed by atoms with E-state index in [4.69, 9.17) is 4.74 Å². The van der Waals surface area contributed by atoms with Crippen LogP contribution >= 0.6 is 0 Å². The Morgan fingerprint density at radius 3 is 2.48 bits per heavy atom. The van der Waals surface area contributed by atoms with Crippen LogP contribution in [0.3, 0.4) is 0 Å². The van der Waals surface area contributed by atoms with Crippen molar-refractivity contribution in [1.29, 1.82) is 0 Å². The molecule has 4 atom stereocenters. The quantitative estimate of drug-likeness (QED) is 0.796. The highest BCUT2D eigenvalue weighted by atomic mass is 16.5. The maximum Gasteiger partial charge on any atom is 0.105 e. The Morgan fingerprint density at radius 2 is 1.81 bits per heavy atom. The van der Waals surface area contributed by atoms with Gasteiger partial charge in [-0.25, -0.2) is 4.98 Å². The maximum atomic E-state index is 6.53. The summed E-state index contributed by atoms with van der Waals surface area (Å²) in [6.07, 6.45) is 12.5. The Morgan fingerprint density at radius 1 is 1.07 bits per heavy atom. The first-order chi connectivity index (χ1) is 13.2. The molecular weight excluding hydrogens is 336 g/mol. The van der Waals surface area contributed by atoms with Gasteiger partial charge in [-0.1, -0.05) is 0 Å². The lowest BCUT2D eigenvalue weighted by Crippen LogP contribution is -2.42. The van der Waals surface area contributed by atoms with Crippen molar-refractivity contribution in [3.63, 3.8) is 0 Å². The van der Waals surface area contributed by atoms with E-state index >= 15 is 0 Å². The van der Waals surface area contributed by atoms with Crippen molar-refractivity contribution in [1.82, 2.24) is 19.4 Å². The maximum absolute atomic E-state index is 6.53. The van der Waals surface area contributed by atoms with E-state index in [0.717, 1.165) is 36.2 Å². The van der Waals surface area contributed by atoms with E-state index in [9.17, 15) is 0 Å². The lowest BCUT2D eigenvalue weighted by molar-refractivity contribution is -0.0344. The predicted octanol–water partition coefficient (Wildman–Crippen LogP) is 2.96. The second-order valence-corrected chi connectivity index (χ2v) is 9.74. The van der Waals surface area contributed by atoms with E-state index < -0.39 is 0 Å². The van der Waals surface area contributed by atoms with Gasteiger partial charge >= 0.3 is 0 Å². The Labute approximate surface area is 164 Å². The minimum atomic E-state index is 0.372. The fourth-order valence-electron chi connectivity index (χ4n) is 5.84. The Hall–Kier alpha value is -0.910. The average molecular weight is 373 g/mol. The molecule has 0 radical (unpaired) electrons. The predicted molar refractivity (Wildman–Crippen MR) is 107 cm³/mol. The van der Waals surface area contributed by atoms with Crippen molar-refractivity contribution in [3.8, 4) is 0 Å². The van der Waals surface area contributed by atoms with E-state index in [1.165, 1.54) is 64.7 Å². The third kappa shape index (κ3) is 3.83. The molecule has 2 aliphatic heterocycles. The number of nitrogens with zero attached hydrogens (tertiary/aromatic N) is 4. The fraction of sp³-hybridized carbons (Fsp3) is 0.864. The number of aryl methyl sites for hydroxylation is 1. The molecule has 2 saturated heterocycles. The minimum Gasteiger partial charge on any atom is -0.376 e. The smallest absolute Gasteiger partial charge is 0.105 e. The summed E-state index contributed by atoms with van der Waals surface area (Å²) in [6.45, 7) is 8.26. The van der Waals surface area contributed by atoms with Crippen LogP contribution in [0.2, 0.25) is 0 Å². The van der Waals surface area contributed by atoms with E-state index in [-0.39, 0.29) is 0 Å². The van der Waals surface area contributed by atoms with Gasteiger partial charge in [0.05, 0.1) is 12.1 Å². The molecule has 5 rings (SSSR count). The number of fused-ring (bicyclic) bond motifs is 1. The van der Waals surface area contributed by atoms with Crippen LogP contribution in [0.25, 0.3) is 0 Å². The number of rotatable bonds is 5. The summed E-state index contributed by atoms with van der Waals surface area (Å²) in [7, 11) is 2.26. The van der Waals surface area contributed by atoms with Crippen molar-refractivity contribution in [2.24, 2.45) is 17.8 Å². The molecule has 5 heteroatoms. The highest BCUT2D eigenvalue weighted by Crippen LogP contribution is 2.44. The van der Waals surface area contributed by atoms with Crippen molar-refractivity contribution in [2.75, 3.05) is 39.8 Å². The Kier molecular flexibility index (Phi) is 5.03. The van der Waals surface area contributed by atoms with E-state index in [0.29, 0.717) is 12.1 Å². The molecular formula is C22H36N4O. The second kappa shape index (κ2) is 7.49. The van der Waals surface area contributed by atoms with Crippen molar-refractivity contribution < 1.29 is 4.74 Å². The van der Waals surface area contributed by atoms with Gasteiger partial charge in [-0.3, -0.25) is 4.90 Å². The summed E-state index contributed by atoms with van der Waals surface area (Å²) in [5, 5.41) is 0. The molecule has 150 valence electrons. The summed E-state index contributed by atoms with van der Waals surface area (Å²) >= 11 is 0. The number of imidazole rings is 1. The van der Waals surface area contributed by atoms with Gasteiger partial charge in [0.2, 0.25) is 0 Å². The van der Waals surface area contributed by atoms with Gasteiger partial charge in [0.25, 0.3) is 0 Å². The van der Waals surface area contributed by atoms with Crippen LogP contribution in [0.15, 0.2) is 12.4 Å². The van der Waals surface area contributed by atoms with Gasteiger partial charge in [0.1, 0.15) is 5.82 Å². The van der Waals surface area contributed by atoms with Gasteiger partial charge in [-0.2, -0.15) is 0 Å². The molecule has 27 heavy (non-hydrogen) atoms. The van der Waals surface area contributed by atoms with Gasteiger partial charge < -0.3 is 14.2 Å². The summed E-state index contributed by atoms with van der Waals surface area (Å²) in [5.41, 5.74) is 0. The SMILES string of the molecule is Cc1nccn1[C@H]1C[C@H]2CN(C3CCN(C)CC3)C[C@H]2C[C@@H]1OCC1CC1. The molecule has 3 heterocycles. The molecule has 0 bridgehead atoms. The van der Waals surface area contributed by atoms with Crippen molar-refractivity contribution in [3.05, 3.63) is 18.2 Å². The number of ether oxygens (including phenoxy) is 1. The topological polar surface area (TPSA) is 33.5 Å². The highest BCUT2D eigenvalue weighted by molar-refractivity contribution is 5.02. The largest absolute Gasteiger partial charge is 0.376 e. The molecule has 0 aromatic carbocycles. The zero-order valence-corrected chi connectivity index (χ0v) is 17.1. The summed E-state index contributed by atoms with van der Waals surface area (Å²) in [5.74, 6) is 3.64. The number of aromatic nitrogens is 2. The first-order valence-corrected chi connectivity index (χ1v) is 11.2. The lowest BCUT2D eigenvalue weighted by Gasteiger charge is -2.39. The first-order valence-electron chi connectivity index (χ1n) is 11.2. The van der Waals surface area contributed by atoms with Crippen molar-refractivity contribution in [2.45, 2.75) is 63.6 Å². The molecule has 0 N–H and O–H groups in total. The minimum absolute atomic E-state index is 0.372. The van der Waals surface area contributed by atoms with Crippen LogP contribution in [0.4, 0.5) is 0 Å². The molecule has 4 aliphatic rings. The fourth-order valence-corrected chi connectivity index (χ4v) is 5.84. The Balaban J connectivity index is 1.28. The molecule has 0 spiro atoms. The van der Waals surface area contributed by atoms with Crippen LogP contribution in [0.5, 0.6) is 0 Å². The normalized spacial score (nSPS) is 36.2. The number of likely N-dealkylation sites (tertiary alicyclic amines) is 2. The summed E-state index contributed by atoms with van der Waals surface area (Å²) in [4.78, 5) is 9.83. The van der Waals surface area contributed by atoms with Crippen LogP contribution in [-0.2, 0) is 4.74 Å². The molecule has 0 unspecified atom stereocenters. The molecule has 4 fully saturated rings. The van der Waals surface area contributed by atoms with Crippen LogP contribution in [0, 0.1) is 24.7 Å². The molecule has 5 nitrogen and oxygen atoms in total. The van der Waals surface area contributed by atoms with E-state index in [1.807, 2.05) is 6.20 Å². The number of hydrogen-bond donors (Lipinski definition) is 0. The third-order valence-corrected chi connectivity index (χ3v) is 7.78. The van der Waals surface area contributed by atoms with Gasteiger partial charge in [0.15, 0.2) is 0 Å². The standard InChI is InChI=1S/C22H36N4O/c1-16-23-7-10-26(16)21-11-18-13-25(20-5-8-24(2)9-6-20)14-19(18)12-22(21)27-15-17-3-4-17/h7,10,17-22H,3-6,8-9,11-15H2,1-2H3/t18-,19+,21-,22-/m0/s1. The van der Waals surface area contributed by atoms with Gasteiger partial charge in [-0.15, -0.1) is 0 Å². The number of hydrogen-bond acceptors (Lipinski definition) is 4. The molecule has 1 aromatic heterocycles. The average Bonchev–Trinajstić information content (AvgIpc) is 3.26. The van der Waals surface area contributed by atoms with Gasteiger partial charge in [0, 0.05) is 38.1 Å². The zero-order chi connectivity index (χ0) is 18.4. The van der Waals surface area contributed by atoms with E-state index in [1.54, 1.807) is 0 Å². The van der Waals surface area contributed by atoms with Crippen LogP contribution < -0.4 is 0 Å². The molecule has 2 saturated carbocycles. The van der Waals surface area contributed by atoms with E-state index in [2.05, 4.69) is 39.5 Å². The Bertz CT molecular complexity index is 634. The van der Waals surface area contributed by atoms with Crippen molar-refractivity contribution >= 4 is 0 Å². The third-order valence-electron chi connectivity index (χ3n) is 7.78. The van der Waals surface area contributed by atoms with Crippen LogP contribution in [-0.4, -0.2) is 71.3 Å². The van der Waals surface area contributed by atoms with Gasteiger partial charge in [-0.05, 0) is 83.3 Å². The zero-order valence-electron chi connectivity index (χ0n) is 17.1. The lowest BCUT2D eigenvalue weighted by atomic mass is 9.77.